The molecule has 0 bridgehead atoms. The van der Waals surface area contributed by atoms with Crippen molar-refractivity contribution < 1.29 is 14.3 Å². The Hall–Kier alpha value is -2.30. The fourth-order valence-electron chi connectivity index (χ4n) is 2.64. The average Bonchev–Trinajstić information content (AvgIpc) is 3.06. The summed E-state index contributed by atoms with van der Waals surface area (Å²) in [6.45, 7) is 0.572. The van der Waals surface area contributed by atoms with E-state index in [0.717, 1.165) is 36.1 Å². The van der Waals surface area contributed by atoms with Crippen LogP contribution in [-0.4, -0.2) is 23.1 Å². The van der Waals surface area contributed by atoms with Crippen LogP contribution in [0.15, 0.2) is 29.1 Å². The normalized spacial score (nSPS) is 13.2. The molecule has 2 aromatic rings. The van der Waals surface area contributed by atoms with Crippen LogP contribution in [0.25, 0.3) is 0 Å². The van der Waals surface area contributed by atoms with E-state index in [9.17, 15) is 9.90 Å². The Morgan fingerprint density at radius 3 is 3.05 bits per heavy atom. The second kappa shape index (κ2) is 5.00. The lowest BCUT2D eigenvalue weighted by Gasteiger charge is -2.20. The lowest BCUT2D eigenvalue weighted by molar-refractivity contribution is 0.0697. The van der Waals surface area contributed by atoms with E-state index < -0.39 is 5.97 Å². The molecule has 1 N–H and O–H groups in total. The molecule has 0 fully saturated rings. The second-order valence-electron chi connectivity index (χ2n) is 5.11. The van der Waals surface area contributed by atoms with Crippen LogP contribution in [-0.2, 0) is 19.4 Å². The largest absolute Gasteiger partial charge is 0.478 e. The molecule has 3 rings (SSSR count). The summed E-state index contributed by atoms with van der Waals surface area (Å²) in [4.78, 5) is 17.9. The lowest BCUT2D eigenvalue weighted by atomic mass is 10.1. The third-order valence-electron chi connectivity index (χ3n) is 3.62. The van der Waals surface area contributed by atoms with Gasteiger partial charge in [0.25, 0.3) is 0 Å². The standard InChI is InChI=1S/C15H16N2O3/c1-17(8-10-5-6-20-9-10)14-12(15(18)19)7-11-3-2-4-13(11)16-14/h5-7,9H,2-4,8H2,1H3,(H,18,19). The Morgan fingerprint density at radius 1 is 1.50 bits per heavy atom. The van der Waals surface area contributed by atoms with E-state index >= 15 is 0 Å². The van der Waals surface area contributed by atoms with Crippen LogP contribution in [0.4, 0.5) is 5.82 Å². The Labute approximate surface area is 116 Å². The van der Waals surface area contributed by atoms with Crippen LogP contribution in [0.2, 0.25) is 0 Å². The van der Waals surface area contributed by atoms with Gasteiger partial charge in [-0.15, -0.1) is 0 Å². The Kier molecular flexibility index (Phi) is 3.18. The maximum absolute atomic E-state index is 11.4. The fourth-order valence-corrected chi connectivity index (χ4v) is 2.64. The minimum absolute atomic E-state index is 0.275. The molecule has 5 nitrogen and oxygen atoms in total. The molecule has 1 aliphatic carbocycles. The molecule has 0 saturated heterocycles. The van der Waals surface area contributed by atoms with Crippen molar-refractivity contribution in [3.05, 3.63) is 47.0 Å². The predicted molar refractivity (Wildman–Crippen MR) is 74.0 cm³/mol. The van der Waals surface area contributed by atoms with E-state index in [4.69, 9.17) is 4.42 Å². The SMILES string of the molecule is CN(Cc1ccoc1)c1nc2c(cc1C(=O)O)CCC2. The summed E-state index contributed by atoms with van der Waals surface area (Å²) in [6, 6.07) is 3.64. The summed E-state index contributed by atoms with van der Waals surface area (Å²) in [7, 11) is 1.85. The van der Waals surface area contributed by atoms with Crippen LogP contribution < -0.4 is 4.90 Å². The summed E-state index contributed by atoms with van der Waals surface area (Å²) in [5.74, 6) is -0.402. The highest BCUT2D eigenvalue weighted by Crippen LogP contribution is 2.27. The summed E-state index contributed by atoms with van der Waals surface area (Å²) in [6.07, 6.45) is 6.17. The molecule has 1 aliphatic rings. The second-order valence-corrected chi connectivity index (χ2v) is 5.11. The van der Waals surface area contributed by atoms with Gasteiger partial charge in [-0.1, -0.05) is 0 Å². The summed E-state index contributed by atoms with van der Waals surface area (Å²) < 4.78 is 5.04. The van der Waals surface area contributed by atoms with Crippen LogP contribution in [0, 0.1) is 0 Å². The highest BCUT2D eigenvalue weighted by Gasteiger charge is 2.22. The Bertz CT molecular complexity index is 635. The molecular weight excluding hydrogens is 256 g/mol. The maximum Gasteiger partial charge on any atom is 0.339 e. The van der Waals surface area contributed by atoms with Crippen molar-refractivity contribution in [2.24, 2.45) is 0 Å². The summed E-state index contributed by atoms with van der Waals surface area (Å²) >= 11 is 0. The van der Waals surface area contributed by atoms with E-state index in [-0.39, 0.29) is 5.56 Å². The molecule has 5 heteroatoms. The predicted octanol–water partition coefficient (Wildman–Crippen LogP) is 2.50. The molecule has 0 unspecified atom stereocenters. The number of rotatable bonds is 4. The molecule has 0 aliphatic heterocycles. The third-order valence-corrected chi connectivity index (χ3v) is 3.62. The molecule has 0 radical (unpaired) electrons. The van der Waals surface area contributed by atoms with Crippen molar-refractivity contribution in [1.29, 1.82) is 0 Å². The van der Waals surface area contributed by atoms with Gasteiger partial charge in [-0.2, -0.15) is 0 Å². The number of furan rings is 1. The van der Waals surface area contributed by atoms with Gasteiger partial charge in [0.05, 0.1) is 12.5 Å². The van der Waals surface area contributed by atoms with Crippen molar-refractivity contribution in [1.82, 2.24) is 4.98 Å². The van der Waals surface area contributed by atoms with Crippen LogP contribution >= 0.6 is 0 Å². The van der Waals surface area contributed by atoms with Gasteiger partial charge < -0.3 is 14.4 Å². The Balaban J connectivity index is 1.96. The fraction of sp³-hybridized carbons (Fsp3) is 0.333. The highest BCUT2D eigenvalue weighted by atomic mass is 16.4. The minimum Gasteiger partial charge on any atom is -0.478 e. The number of hydrogen-bond acceptors (Lipinski definition) is 4. The zero-order chi connectivity index (χ0) is 14.1. The number of aryl methyl sites for hydroxylation is 2. The Morgan fingerprint density at radius 2 is 2.35 bits per heavy atom. The summed E-state index contributed by atoms with van der Waals surface area (Å²) in [5, 5.41) is 9.39. The molecule has 0 saturated carbocycles. The number of fused-ring (bicyclic) bond motifs is 1. The number of pyridine rings is 1. The molecule has 20 heavy (non-hydrogen) atoms. The topological polar surface area (TPSA) is 66.6 Å². The summed E-state index contributed by atoms with van der Waals surface area (Å²) in [5.41, 5.74) is 3.37. The quantitative estimate of drug-likeness (QED) is 0.926. The molecule has 2 heterocycles. The van der Waals surface area contributed by atoms with Crippen molar-refractivity contribution >= 4 is 11.8 Å². The zero-order valence-corrected chi connectivity index (χ0v) is 11.3. The number of anilines is 1. The van der Waals surface area contributed by atoms with Crippen LogP contribution in [0.1, 0.15) is 33.6 Å². The van der Waals surface area contributed by atoms with Gasteiger partial charge in [0.15, 0.2) is 0 Å². The lowest BCUT2D eigenvalue weighted by Crippen LogP contribution is -2.21. The number of carboxylic acid groups (broad SMARTS) is 1. The van der Waals surface area contributed by atoms with Gasteiger partial charge in [-0.3, -0.25) is 0 Å². The van der Waals surface area contributed by atoms with Gasteiger partial charge in [0.1, 0.15) is 11.4 Å². The molecule has 0 atom stereocenters. The van der Waals surface area contributed by atoms with E-state index in [1.807, 2.05) is 18.0 Å². The number of aromatic carboxylic acids is 1. The molecular formula is C15H16N2O3. The molecule has 2 aromatic heterocycles. The smallest absolute Gasteiger partial charge is 0.339 e. The van der Waals surface area contributed by atoms with Crippen molar-refractivity contribution in [2.45, 2.75) is 25.8 Å². The van der Waals surface area contributed by atoms with Gasteiger partial charge in [-0.25, -0.2) is 9.78 Å². The van der Waals surface area contributed by atoms with E-state index in [1.165, 1.54) is 0 Å². The maximum atomic E-state index is 11.4. The number of aromatic nitrogens is 1. The first-order valence-electron chi connectivity index (χ1n) is 6.63. The van der Waals surface area contributed by atoms with Crippen molar-refractivity contribution in [3.8, 4) is 0 Å². The molecule has 104 valence electrons. The van der Waals surface area contributed by atoms with E-state index in [0.29, 0.717) is 12.4 Å². The van der Waals surface area contributed by atoms with Gasteiger partial charge in [-0.05, 0) is 37.0 Å². The average molecular weight is 272 g/mol. The van der Waals surface area contributed by atoms with Crippen molar-refractivity contribution in [3.63, 3.8) is 0 Å². The monoisotopic (exact) mass is 272 g/mol. The number of carbonyl (C=O) groups is 1. The molecule has 0 amide bonds. The number of hydrogen-bond donors (Lipinski definition) is 1. The molecule has 0 aromatic carbocycles. The van der Waals surface area contributed by atoms with Crippen LogP contribution in [0.5, 0.6) is 0 Å². The zero-order valence-electron chi connectivity index (χ0n) is 11.3. The van der Waals surface area contributed by atoms with Gasteiger partial charge in [0.2, 0.25) is 0 Å². The number of carboxylic acids is 1. The van der Waals surface area contributed by atoms with E-state index in [2.05, 4.69) is 4.98 Å². The third kappa shape index (κ3) is 2.27. The first-order chi connectivity index (χ1) is 9.65. The number of nitrogens with zero attached hydrogens (tertiary/aromatic N) is 2. The highest BCUT2D eigenvalue weighted by molar-refractivity contribution is 5.93. The van der Waals surface area contributed by atoms with Crippen LogP contribution in [0.3, 0.4) is 0 Å². The first-order valence-corrected chi connectivity index (χ1v) is 6.63. The molecule has 0 spiro atoms. The van der Waals surface area contributed by atoms with Crippen molar-refractivity contribution in [2.75, 3.05) is 11.9 Å². The van der Waals surface area contributed by atoms with Gasteiger partial charge in [0, 0.05) is 24.8 Å². The van der Waals surface area contributed by atoms with Gasteiger partial charge >= 0.3 is 5.97 Å². The van der Waals surface area contributed by atoms with E-state index in [1.54, 1.807) is 18.6 Å². The first kappa shape index (κ1) is 12.7. The minimum atomic E-state index is -0.929.